The van der Waals surface area contributed by atoms with Crippen molar-refractivity contribution in [3.05, 3.63) is 29.3 Å². The molecule has 0 spiro atoms. The van der Waals surface area contributed by atoms with E-state index < -0.39 is 0 Å². The maximum absolute atomic E-state index is 5.98. The zero-order valence-corrected chi connectivity index (χ0v) is 12.1. The van der Waals surface area contributed by atoms with E-state index in [1.54, 1.807) is 0 Å². The Morgan fingerprint density at radius 1 is 1.11 bits per heavy atom. The van der Waals surface area contributed by atoms with E-state index in [1.165, 1.54) is 44.3 Å². The van der Waals surface area contributed by atoms with Crippen LogP contribution in [0.2, 0.25) is 5.02 Å². The Morgan fingerprint density at radius 3 is 2.58 bits per heavy atom. The third-order valence-corrected chi connectivity index (χ3v) is 4.73. The van der Waals surface area contributed by atoms with E-state index in [4.69, 9.17) is 16.3 Å². The molecule has 3 rings (SSSR count). The van der Waals surface area contributed by atoms with Crippen molar-refractivity contribution in [3.63, 3.8) is 0 Å². The monoisotopic (exact) mass is 279 g/mol. The molecule has 2 heterocycles. The van der Waals surface area contributed by atoms with Crippen LogP contribution in [0.3, 0.4) is 0 Å². The molecule has 2 aliphatic heterocycles. The molecular weight excluding hydrogens is 258 g/mol. The fourth-order valence-corrected chi connectivity index (χ4v) is 3.55. The standard InChI is InChI=1S/C16H22ClNO/c17-14-3-5-15(6-4-14)18-9-1-2-16(18)12-13-7-10-19-11-8-13/h3-6,13,16H,1-2,7-12H2. The third kappa shape index (κ3) is 3.24. The van der Waals surface area contributed by atoms with E-state index >= 15 is 0 Å². The summed E-state index contributed by atoms with van der Waals surface area (Å²) in [5.74, 6) is 0.853. The molecule has 1 aromatic carbocycles. The first-order valence-electron chi connectivity index (χ1n) is 7.43. The van der Waals surface area contributed by atoms with Crippen LogP contribution in [0, 0.1) is 5.92 Å². The maximum Gasteiger partial charge on any atom is 0.0468 e. The Bertz CT molecular complexity index is 400. The minimum absolute atomic E-state index is 0.712. The van der Waals surface area contributed by atoms with Crippen LogP contribution in [0.25, 0.3) is 0 Å². The number of halogens is 1. The van der Waals surface area contributed by atoms with Crippen molar-refractivity contribution in [2.24, 2.45) is 5.92 Å². The largest absolute Gasteiger partial charge is 0.381 e. The molecule has 104 valence electrons. The van der Waals surface area contributed by atoms with Crippen LogP contribution in [0.1, 0.15) is 32.1 Å². The molecule has 19 heavy (non-hydrogen) atoms. The molecule has 0 aromatic heterocycles. The van der Waals surface area contributed by atoms with Crippen LogP contribution >= 0.6 is 11.6 Å². The summed E-state index contributed by atoms with van der Waals surface area (Å²) in [5, 5.41) is 0.823. The predicted octanol–water partition coefficient (Wildman–Crippen LogP) is 4.13. The summed E-state index contributed by atoms with van der Waals surface area (Å²) in [6.45, 7) is 3.10. The van der Waals surface area contributed by atoms with E-state index in [0.717, 1.165) is 24.2 Å². The topological polar surface area (TPSA) is 12.5 Å². The minimum atomic E-state index is 0.712. The van der Waals surface area contributed by atoms with E-state index in [-0.39, 0.29) is 0 Å². The van der Waals surface area contributed by atoms with Gasteiger partial charge in [-0.3, -0.25) is 0 Å². The first kappa shape index (κ1) is 13.3. The van der Waals surface area contributed by atoms with Gasteiger partial charge < -0.3 is 9.64 Å². The second-order valence-electron chi connectivity index (χ2n) is 5.76. The molecule has 2 fully saturated rings. The van der Waals surface area contributed by atoms with Crippen molar-refractivity contribution in [1.82, 2.24) is 0 Å². The zero-order chi connectivity index (χ0) is 13.1. The van der Waals surface area contributed by atoms with Crippen LogP contribution in [0.5, 0.6) is 0 Å². The lowest BCUT2D eigenvalue weighted by atomic mass is 9.91. The lowest BCUT2D eigenvalue weighted by Crippen LogP contribution is -2.32. The molecule has 1 unspecified atom stereocenters. The highest BCUT2D eigenvalue weighted by Crippen LogP contribution is 2.32. The van der Waals surface area contributed by atoms with Crippen molar-refractivity contribution in [1.29, 1.82) is 0 Å². The average Bonchev–Trinajstić information content (AvgIpc) is 2.89. The minimum Gasteiger partial charge on any atom is -0.381 e. The van der Waals surface area contributed by atoms with Gasteiger partial charge in [0.05, 0.1) is 0 Å². The first-order chi connectivity index (χ1) is 9.33. The Hall–Kier alpha value is -0.730. The summed E-state index contributed by atoms with van der Waals surface area (Å²) in [4.78, 5) is 2.58. The van der Waals surface area contributed by atoms with Crippen LogP contribution in [0.15, 0.2) is 24.3 Å². The molecule has 1 atom stereocenters. The van der Waals surface area contributed by atoms with Gasteiger partial charge in [0.2, 0.25) is 0 Å². The lowest BCUT2D eigenvalue weighted by molar-refractivity contribution is 0.0620. The van der Waals surface area contributed by atoms with Crippen LogP contribution in [0.4, 0.5) is 5.69 Å². The van der Waals surface area contributed by atoms with Gasteiger partial charge >= 0.3 is 0 Å². The molecule has 0 aliphatic carbocycles. The molecule has 0 N–H and O–H groups in total. The molecule has 0 saturated carbocycles. The Morgan fingerprint density at radius 2 is 1.84 bits per heavy atom. The van der Waals surface area contributed by atoms with Crippen LogP contribution in [-0.4, -0.2) is 25.8 Å². The summed E-state index contributed by atoms with van der Waals surface area (Å²) in [5.41, 5.74) is 1.33. The lowest BCUT2D eigenvalue weighted by Gasteiger charge is -2.31. The molecule has 2 aliphatic rings. The second kappa shape index (κ2) is 6.15. The van der Waals surface area contributed by atoms with Crippen LogP contribution < -0.4 is 4.90 Å². The third-order valence-electron chi connectivity index (χ3n) is 4.48. The number of hydrogen-bond acceptors (Lipinski definition) is 2. The second-order valence-corrected chi connectivity index (χ2v) is 6.19. The highest BCUT2D eigenvalue weighted by atomic mass is 35.5. The van der Waals surface area contributed by atoms with E-state index in [1.807, 2.05) is 12.1 Å². The normalized spacial score (nSPS) is 24.9. The number of nitrogens with zero attached hydrogens (tertiary/aromatic N) is 1. The number of anilines is 1. The van der Waals surface area contributed by atoms with Gasteiger partial charge in [0.1, 0.15) is 0 Å². The van der Waals surface area contributed by atoms with Crippen molar-refractivity contribution in [2.75, 3.05) is 24.7 Å². The van der Waals surface area contributed by atoms with Gasteiger partial charge in [-0.2, -0.15) is 0 Å². The molecular formula is C16H22ClNO. The molecule has 0 radical (unpaired) electrons. The number of hydrogen-bond donors (Lipinski definition) is 0. The summed E-state index contributed by atoms with van der Waals surface area (Å²) in [7, 11) is 0. The smallest absolute Gasteiger partial charge is 0.0468 e. The van der Waals surface area contributed by atoms with Gasteiger partial charge in [0.25, 0.3) is 0 Å². The first-order valence-corrected chi connectivity index (χ1v) is 7.80. The van der Waals surface area contributed by atoms with Crippen molar-refractivity contribution >= 4 is 17.3 Å². The molecule has 2 nitrogen and oxygen atoms in total. The van der Waals surface area contributed by atoms with E-state index in [0.29, 0.717) is 6.04 Å². The fourth-order valence-electron chi connectivity index (χ4n) is 3.42. The highest BCUT2D eigenvalue weighted by Gasteiger charge is 2.28. The summed E-state index contributed by atoms with van der Waals surface area (Å²) in [6, 6.07) is 9.03. The Kier molecular flexibility index (Phi) is 4.29. The van der Waals surface area contributed by atoms with Gasteiger partial charge in [-0.15, -0.1) is 0 Å². The van der Waals surface area contributed by atoms with E-state index in [9.17, 15) is 0 Å². The molecule has 0 bridgehead atoms. The summed E-state index contributed by atoms with van der Waals surface area (Å²) >= 11 is 5.98. The van der Waals surface area contributed by atoms with Gasteiger partial charge in [0.15, 0.2) is 0 Å². The highest BCUT2D eigenvalue weighted by molar-refractivity contribution is 6.30. The Labute approximate surface area is 120 Å². The number of benzene rings is 1. The maximum atomic E-state index is 5.98. The van der Waals surface area contributed by atoms with Gasteiger partial charge in [-0.05, 0) is 62.3 Å². The van der Waals surface area contributed by atoms with Gasteiger partial charge in [-0.1, -0.05) is 11.6 Å². The number of rotatable bonds is 3. The molecule has 0 amide bonds. The quantitative estimate of drug-likeness (QED) is 0.825. The summed E-state index contributed by atoms with van der Waals surface area (Å²) in [6.07, 6.45) is 6.46. The Balaban J connectivity index is 1.65. The van der Waals surface area contributed by atoms with Crippen LogP contribution in [-0.2, 0) is 4.74 Å². The molecule has 2 saturated heterocycles. The van der Waals surface area contributed by atoms with Crippen molar-refractivity contribution in [3.8, 4) is 0 Å². The molecule has 1 aromatic rings. The SMILES string of the molecule is Clc1ccc(N2CCCC2CC2CCOCC2)cc1. The van der Waals surface area contributed by atoms with Crippen molar-refractivity contribution in [2.45, 2.75) is 38.1 Å². The molecule has 3 heteroatoms. The van der Waals surface area contributed by atoms with E-state index in [2.05, 4.69) is 17.0 Å². The zero-order valence-electron chi connectivity index (χ0n) is 11.4. The number of ether oxygens (including phenoxy) is 1. The predicted molar refractivity (Wildman–Crippen MR) is 80.0 cm³/mol. The van der Waals surface area contributed by atoms with Gasteiger partial charge in [0, 0.05) is 36.5 Å². The van der Waals surface area contributed by atoms with Crippen molar-refractivity contribution < 1.29 is 4.74 Å². The van der Waals surface area contributed by atoms with Gasteiger partial charge in [-0.25, -0.2) is 0 Å². The summed E-state index contributed by atoms with van der Waals surface area (Å²) < 4.78 is 5.46. The average molecular weight is 280 g/mol. The fraction of sp³-hybridized carbons (Fsp3) is 0.625.